The number of rotatable bonds is 2. The lowest BCUT2D eigenvalue weighted by Gasteiger charge is -2.08. The minimum Gasteiger partial charge on any atom is -0.236 e. The van der Waals surface area contributed by atoms with Crippen LogP contribution in [0.2, 0.25) is 10.0 Å². The number of halogens is 2. The Morgan fingerprint density at radius 2 is 1.85 bits per heavy atom. The molecular formula is C12H8Cl2N6. The van der Waals surface area contributed by atoms with Crippen LogP contribution < -0.4 is 0 Å². The van der Waals surface area contributed by atoms with Crippen molar-refractivity contribution in [2.24, 2.45) is 0 Å². The minimum absolute atomic E-state index is 0.422. The Kier molecular flexibility index (Phi) is 3.33. The molecular weight excluding hydrogens is 299 g/mol. The van der Waals surface area contributed by atoms with Gasteiger partial charge in [0, 0.05) is 11.1 Å². The van der Waals surface area contributed by atoms with Crippen molar-refractivity contribution in [3.8, 4) is 22.8 Å². The Balaban J connectivity index is 2.15. The number of nitrogens with one attached hydrogen (secondary N) is 1. The van der Waals surface area contributed by atoms with Crippen molar-refractivity contribution < 1.29 is 0 Å². The van der Waals surface area contributed by atoms with Gasteiger partial charge in [0.25, 0.3) is 0 Å². The van der Waals surface area contributed by atoms with Gasteiger partial charge in [-0.15, -0.1) is 10.2 Å². The van der Waals surface area contributed by atoms with Crippen LogP contribution in [-0.2, 0) is 0 Å². The quantitative estimate of drug-likeness (QED) is 0.787. The predicted molar refractivity (Wildman–Crippen MR) is 75.4 cm³/mol. The molecule has 0 amide bonds. The molecule has 0 saturated heterocycles. The summed E-state index contributed by atoms with van der Waals surface area (Å²) in [5, 5.41) is 14.8. The molecule has 1 N–H and O–H groups in total. The molecule has 0 spiro atoms. The Morgan fingerprint density at radius 3 is 2.55 bits per heavy atom. The number of nitrogens with zero attached hydrogens (tertiary/aromatic N) is 5. The fourth-order valence-corrected chi connectivity index (χ4v) is 2.17. The molecule has 0 atom stereocenters. The molecule has 0 aliphatic heterocycles. The highest BCUT2D eigenvalue weighted by Crippen LogP contribution is 2.30. The molecule has 8 heteroatoms. The summed E-state index contributed by atoms with van der Waals surface area (Å²) in [6.07, 6.45) is 1.45. The van der Waals surface area contributed by atoms with E-state index in [1.807, 2.05) is 13.0 Å². The fourth-order valence-electron chi connectivity index (χ4n) is 1.87. The number of H-pyrrole nitrogens is 1. The van der Waals surface area contributed by atoms with Crippen molar-refractivity contribution in [1.82, 2.24) is 30.6 Å². The van der Waals surface area contributed by atoms with Gasteiger partial charge in [0.1, 0.15) is 12.0 Å². The zero-order valence-corrected chi connectivity index (χ0v) is 11.8. The van der Waals surface area contributed by atoms with Crippen LogP contribution in [0.5, 0.6) is 0 Å². The standard InChI is InChI=1S/C12H8Cl2N6/c1-6-10(7-2-3-8(13)9(14)4-7)15-5-16-11(6)12-17-19-20-18-12/h2-5H,1H3,(H,17,18,19,20). The normalized spacial score (nSPS) is 10.8. The number of benzene rings is 1. The maximum Gasteiger partial charge on any atom is 0.223 e. The Bertz CT molecular complexity index is 757. The lowest BCUT2D eigenvalue weighted by molar-refractivity contribution is 0.881. The number of hydrogen-bond donors (Lipinski definition) is 1. The Morgan fingerprint density at radius 1 is 1.05 bits per heavy atom. The lowest BCUT2D eigenvalue weighted by Crippen LogP contribution is -1.96. The summed E-state index contributed by atoms with van der Waals surface area (Å²) in [5.74, 6) is 0.422. The van der Waals surface area contributed by atoms with Gasteiger partial charge in [0.05, 0.1) is 15.7 Å². The van der Waals surface area contributed by atoms with E-state index in [2.05, 4.69) is 30.6 Å². The van der Waals surface area contributed by atoms with Crippen LogP contribution in [-0.4, -0.2) is 30.6 Å². The molecule has 0 aliphatic rings. The van der Waals surface area contributed by atoms with E-state index in [0.29, 0.717) is 21.6 Å². The highest BCUT2D eigenvalue weighted by molar-refractivity contribution is 6.42. The van der Waals surface area contributed by atoms with Crippen molar-refractivity contribution in [3.63, 3.8) is 0 Å². The monoisotopic (exact) mass is 306 g/mol. The van der Waals surface area contributed by atoms with E-state index in [1.54, 1.807) is 12.1 Å². The second-order valence-electron chi connectivity index (χ2n) is 4.06. The molecule has 0 unspecified atom stereocenters. The van der Waals surface area contributed by atoms with Gasteiger partial charge in [0.15, 0.2) is 0 Å². The van der Waals surface area contributed by atoms with E-state index in [4.69, 9.17) is 23.2 Å². The van der Waals surface area contributed by atoms with Crippen LogP contribution in [0, 0.1) is 6.92 Å². The summed E-state index contributed by atoms with van der Waals surface area (Å²) in [6.45, 7) is 1.89. The molecule has 0 bridgehead atoms. The van der Waals surface area contributed by atoms with Gasteiger partial charge >= 0.3 is 0 Å². The molecule has 0 aliphatic carbocycles. The first-order valence-corrected chi connectivity index (χ1v) is 6.43. The van der Waals surface area contributed by atoms with Crippen molar-refractivity contribution in [3.05, 3.63) is 40.1 Å². The second kappa shape index (κ2) is 5.15. The zero-order chi connectivity index (χ0) is 14.1. The van der Waals surface area contributed by atoms with Crippen molar-refractivity contribution in [1.29, 1.82) is 0 Å². The third-order valence-electron chi connectivity index (χ3n) is 2.83. The SMILES string of the molecule is Cc1c(-c2ccc(Cl)c(Cl)c2)ncnc1-c1nn[nH]n1. The van der Waals surface area contributed by atoms with E-state index in [1.165, 1.54) is 6.33 Å². The molecule has 6 nitrogen and oxygen atoms in total. The number of tetrazole rings is 1. The molecule has 3 rings (SSSR count). The number of aromatic nitrogens is 6. The van der Waals surface area contributed by atoms with Crippen LogP contribution in [0.3, 0.4) is 0 Å². The van der Waals surface area contributed by atoms with Gasteiger partial charge < -0.3 is 0 Å². The Labute approximate surface area is 124 Å². The molecule has 3 aromatic rings. The van der Waals surface area contributed by atoms with E-state index >= 15 is 0 Å². The van der Waals surface area contributed by atoms with Gasteiger partial charge in [-0.2, -0.15) is 5.21 Å². The van der Waals surface area contributed by atoms with Crippen molar-refractivity contribution >= 4 is 23.2 Å². The maximum absolute atomic E-state index is 6.04. The summed E-state index contributed by atoms with van der Waals surface area (Å²) in [5.41, 5.74) is 3.06. The third kappa shape index (κ3) is 2.23. The topological polar surface area (TPSA) is 80.2 Å². The van der Waals surface area contributed by atoms with Crippen LogP contribution in [0.1, 0.15) is 5.56 Å². The van der Waals surface area contributed by atoms with Crippen LogP contribution >= 0.6 is 23.2 Å². The average molecular weight is 307 g/mol. The molecule has 100 valence electrons. The van der Waals surface area contributed by atoms with Gasteiger partial charge in [-0.25, -0.2) is 9.97 Å². The van der Waals surface area contributed by atoms with E-state index in [0.717, 1.165) is 16.8 Å². The smallest absolute Gasteiger partial charge is 0.223 e. The Hall–Kier alpha value is -2.05. The molecule has 2 aromatic heterocycles. The highest BCUT2D eigenvalue weighted by Gasteiger charge is 2.14. The molecule has 20 heavy (non-hydrogen) atoms. The molecule has 0 fully saturated rings. The first-order valence-electron chi connectivity index (χ1n) is 5.67. The summed E-state index contributed by atoms with van der Waals surface area (Å²) in [7, 11) is 0. The average Bonchev–Trinajstić information content (AvgIpc) is 2.96. The molecule has 0 radical (unpaired) electrons. The predicted octanol–water partition coefficient (Wildman–Crippen LogP) is 2.94. The summed E-state index contributed by atoms with van der Waals surface area (Å²) in [6, 6.07) is 5.34. The largest absolute Gasteiger partial charge is 0.236 e. The second-order valence-corrected chi connectivity index (χ2v) is 4.87. The van der Waals surface area contributed by atoms with Gasteiger partial charge in [-0.3, -0.25) is 0 Å². The number of hydrogen-bond acceptors (Lipinski definition) is 5. The fraction of sp³-hybridized carbons (Fsp3) is 0.0833. The van der Waals surface area contributed by atoms with E-state index in [-0.39, 0.29) is 0 Å². The lowest BCUT2D eigenvalue weighted by atomic mass is 10.1. The first-order chi connectivity index (χ1) is 9.66. The molecule has 2 heterocycles. The van der Waals surface area contributed by atoms with Crippen LogP contribution in [0.4, 0.5) is 0 Å². The number of aromatic amines is 1. The van der Waals surface area contributed by atoms with Crippen molar-refractivity contribution in [2.45, 2.75) is 6.92 Å². The van der Waals surface area contributed by atoms with Crippen LogP contribution in [0.15, 0.2) is 24.5 Å². The van der Waals surface area contributed by atoms with Gasteiger partial charge in [0.2, 0.25) is 5.82 Å². The van der Waals surface area contributed by atoms with Crippen molar-refractivity contribution in [2.75, 3.05) is 0 Å². The van der Waals surface area contributed by atoms with Gasteiger partial charge in [-0.1, -0.05) is 29.3 Å². The van der Waals surface area contributed by atoms with E-state index in [9.17, 15) is 0 Å². The highest BCUT2D eigenvalue weighted by atomic mass is 35.5. The van der Waals surface area contributed by atoms with Crippen LogP contribution in [0.25, 0.3) is 22.8 Å². The molecule has 1 aromatic carbocycles. The van der Waals surface area contributed by atoms with E-state index < -0.39 is 0 Å². The zero-order valence-electron chi connectivity index (χ0n) is 10.3. The molecule has 0 saturated carbocycles. The summed E-state index contributed by atoms with van der Waals surface area (Å²) < 4.78 is 0. The van der Waals surface area contributed by atoms with Gasteiger partial charge in [-0.05, 0) is 24.3 Å². The third-order valence-corrected chi connectivity index (χ3v) is 3.57. The summed E-state index contributed by atoms with van der Waals surface area (Å²) >= 11 is 12.0. The maximum atomic E-state index is 6.04. The minimum atomic E-state index is 0.422. The summed E-state index contributed by atoms with van der Waals surface area (Å²) in [4.78, 5) is 8.48. The first kappa shape index (κ1) is 13.0.